The molecule has 0 aliphatic heterocycles. The van der Waals surface area contributed by atoms with Gasteiger partial charge in [0.25, 0.3) is 5.91 Å². The number of methoxy groups -OCH3 is 1. The zero-order chi connectivity index (χ0) is 33.0. The van der Waals surface area contributed by atoms with E-state index in [-0.39, 0.29) is 47.6 Å². The fraction of sp³-hybridized carbons (Fsp3) is 0.265. The van der Waals surface area contributed by atoms with Gasteiger partial charge in [-0.3, -0.25) is 4.79 Å². The number of halogens is 5. The summed E-state index contributed by atoms with van der Waals surface area (Å²) in [5, 5.41) is 15.8. The van der Waals surface area contributed by atoms with E-state index in [1.807, 2.05) is 0 Å². The van der Waals surface area contributed by atoms with Crippen LogP contribution in [-0.4, -0.2) is 37.4 Å². The van der Waals surface area contributed by atoms with Crippen molar-refractivity contribution in [1.82, 2.24) is 0 Å². The highest BCUT2D eigenvalue weighted by Gasteiger charge is 2.40. The average Bonchev–Trinajstić information content (AvgIpc) is 3.87. The third-order valence-electron chi connectivity index (χ3n) is 7.33. The molecule has 0 spiro atoms. The van der Waals surface area contributed by atoms with Crippen molar-refractivity contribution in [3.63, 3.8) is 0 Å². The topological polar surface area (TPSA) is 89.0 Å². The van der Waals surface area contributed by atoms with Crippen molar-refractivity contribution in [1.29, 1.82) is 0 Å². The summed E-state index contributed by atoms with van der Waals surface area (Å²) in [7, 11) is 1.54. The van der Waals surface area contributed by atoms with Crippen LogP contribution in [0.15, 0.2) is 72.8 Å². The lowest BCUT2D eigenvalue weighted by atomic mass is 9.98. The Morgan fingerprint density at radius 2 is 1.65 bits per heavy atom. The molecule has 4 aromatic rings. The van der Waals surface area contributed by atoms with Gasteiger partial charge < -0.3 is 30.0 Å². The number of rotatable bonds is 12. The molecular formula is C34H31F5N2O5. The summed E-state index contributed by atoms with van der Waals surface area (Å²) in [4.78, 5) is 13.5. The van der Waals surface area contributed by atoms with Crippen LogP contribution in [0.25, 0.3) is 0 Å². The lowest BCUT2D eigenvalue weighted by Gasteiger charge is -2.19. The Labute approximate surface area is 261 Å². The molecule has 0 radical (unpaired) electrons. The van der Waals surface area contributed by atoms with Crippen molar-refractivity contribution < 1.29 is 46.1 Å². The molecule has 1 aliphatic rings. The maximum atomic E-state index is 14.6. The predicted molar refractivity (Wildman–Crippen MR) is 162 cm³/mol. The number of carbonyl (C=O) groups is 1. The number of aryl methyl sites for hydroxylation is 1. The van der Waals surface area contributed by atoms with E-state index >= 15 is 0 Å². The van der Waals surface area contributed by atoms with E-state index in [1.54, 1.807) is 38.3 Å². The average molecular weight is 643 g/mol. The standard InChI is InChI=1S/C34H31F5N2O5/c1-19-13-21(35)5-12-30(19)46-31-16-26(20-3-4-20)28(34(37,38)39)15-27(31)33(43)41-23-8-11-29(36)32(14-23)45-18-24(42)17-40-22-6-9-25(44-2)10-7-22/h5-16,20,24,40,42H,3-4,17-18H2,1-2H3,(H,41,43). The van der Waals surface area contributed by atoms with E-state index in [9.17, 15) is 31.9 Å². The molecule has 0 saturated heterocycles. The first kappa shape index (κ1) is 32.6. The fourth-order valence-corrected chi connectivity index (χ4v) is 4.76. The number of alkyl halides is 3. The normalized spacial score (nSPS) is 13.6. The summed E-state index contributed by atoms with van der Waals surface area (Å²) in [6, 6.07) is 16.0. The molecule has 1 aliphatic carbocycles. The van der Waals surface area contributed by atoms with Gasteiger partial charge in [0.15, 0.2) is 11.6 Å². The smallest absolute Gasteiger partial charge is 0.416 e. The number of aliphatic hydroxyl groups excluding tert-OH is 1. The van der Waals surface area contributed by atoms with Gasteiger partial charge >= 0.3 is 6.18 Å². The fourth-order valence-electron chi connectivity index (χ4n) is 4.76. The highest BCUT2D eigenvalue weighted by atomic mass is 19.4. The van der Waals surface area contributed by atoms with Gasteiger partial charge in [-0.1, -0.05) is 0 Å². The molecule has 1 unspecified atom stereocenters. The molecule has 4 aromatic carbocycles. The zero-order valence-electron chi connectivity index (χ0n) is 24.9. The second kappa shape index (κ2) is 13.7. The quantitative estimate of drug-likeness (QED) is 0.136. The first-order valence-electron chi connectivity index (χ1n) is 14.4. The minimum Gasteiger partial charge on any atom is -0.497 e. The van der Waals surface area contributed by atoms with E-state index in [0.29, 0.717) is 29.8 Å². The van der Waals surface area contributed by atoms with Gasteiger partial charge in [-0.2, -0.15) is 13.2 Å². The molecule has 1 saturated carbocycles. The van der Waals surface area contributed by atoms with Crippen LogP contribution >= 0.6 is 0 Å². The van der Waals surface area contributed by atoms with Gasteiger partial charge in [-0.25, -0.2) is 8.78 Å². The number of hydrogen-bond donors (Lipinski definition) is 3. The van der Waals surface area contributed by atoms with Crippen LogP contribution in [0.2, 0.25) is 0 Å². The van der Waals surface area contributed by atoms with Crippen molar-refractivity contribution in [2.75, 3.05) is 30.9 Å². The van der Waals surface area contributed by atoms with Crippen LogP contribution in [-0.2, 0) is 6.18 Å². The molecule has 1 amide bonds. The van der Waals surface area contributed by atoms with Crippen LogP contribution in [0.4, 0.5) is 33.3 Å². The highest BCUT2D eigenvalue weighted by molar-refractivity contribution is 6.06. The van der Waals surface area contributed by atoms with Crippen molar-refractivity contribution >= 4 is 17.3 Å². The molecular weight excluding hydrogens is 611 g/mol. The summed E-state index contributed by atoms with van der Waals surface area (Å²) in [5.41, 5.74) is -0.253. The second-order valence-electron chi connectivity index (χ2n) is 10.9. The van der Waals surface area contributed by atoms with Gasteiger partial charge in [0.1, 0.15) is 35.8 Å². The van der Waals surface area contributed by atoms with E-state index in [4.69, 9.17) is 14.2 Å². The number of aliphatic hydroxyl groups is 1. The molecule has 242 valence electrons. The molecule has 7 nitrogen and oxygen atoms in total. The second-order valence-corrected chi connectivity index (χ2v) is 10.9. The zero-order valence-corrected chi connectivity index (χ0v) is 24.9. The van der Waals surface area contributed by atoms with E-state index in [2.05, 4.69) is 10.6 Å². The number of hydrogen-bond acceptors (Lipinski definition) is 6. The van der Waals surface area contributed by atoms with Crippen molar-refractivity contribution in [2.45, 2.75) is 38.0 Å². The van der Waals surface area contributed by atoms with Gasteiger partial charge in [0.05, 0.1) is 18.2 Å². The predicted octanol–water partition coefficient (Wildman–Crippen LogP) is 8.07. The molecule has 0 bridgehead atoms. The summed E-state index contributed by atoms with van der Waals surface area (Å²) < 4.78 is 87.0. The highest BCUT2D eigenvalue weighted by Crippen LogP contribution is 2.48. The van der Waals surface area contributed by atoms with Crippen LogP contribution in [0.5, 0.6) is 23.0 Å². The van der Waals surface area contributed by atoms with Gasteiger partial charge in [0.2, 0.25) is 0 Å². The molecule has 1 atom stereocenters. The number of benzene rings is 4. The van der Waals surface area contributed by atoms with E-state index < -0.39 is 40.9 Å². The SMILES string of the molecule is COc1ccc(NCC(O)COc2cc(NC(=O)c3cc(C(F)(F)F)c(C4CC4)cc3Oc3ccc(F)cc3C)ccc2F)cc1. The molecule has 3 N–H and O–H groups in total. The molecule has 5 rings (SSSR count). The van der Waals surface area contributed by atoms with Gasteiger partial charge in [-0.15, -0.1) is 0 Å². The summed E-state index contributed by atoms with van der Waals surface area (Å²) >= 11 is 0. The molecule has 0 aromatic heterocycles. The Morgan fingerprint density at radius 1 is 0.935 bits per heavy atom. The Morgan fingerprint density at radius 3 is 2.30 bits per heavy atom. The summed E-state index contributed by atoms with van der Waals surface area (Å²) in [6.45, 7) is 1.35. The van der Waals surface area contributed by atoms with Crippen molar-refractivity contribution in [2.24, 2.45) is 0 Å². The number of nitrogens with one attached hydrogen (secondary N) is 2. The number of carbonyl (C=O) groups excluding carboxylic acids is 1. The first-order chi connectivity index (χ1) is 21.9. The maximum absolute atomic E-state index is 14.6. The number of ether oxygens (including phenoxy) is 3. The molecule has 12 heteroatoms. The Bertz CT molecular complexity index is 1710. The Kier molecular flexibility index (Phi) is 9.66. The summed E-state index contributed by atoms with van der Waals surface area (Å²) in [6.07, 6.45) is -4.65. The Hall–Kier alpha value is -4.84. The monoisotopic (exact) mass is 642 g/mol. The first-order valence-corrected chi connectivity index (χ1v) is 14.4. The third kappa shape index (κ3) is 8.05. The van der Waals surface area contributed by atoms with Crippen LogP contribution in [0.1, 0.15) is 45.8 Å². The van der Waals surface area contributed by atoms with Crippen molar-refractivity contribution in [3.05, 3.63) is 107 Å². The van der Waals surface area contributed by atoms with E-state index in [1.165, 1.54) is 24.3 Å². The van der Waals surface area contributed by atoms with Crippen LogP contribution < -0.4 is 24.8 Å². The van der Waals surface area contributed by atoms with E-state index in [0.717, 1.165) is 24.3 Å². The molecule has 46 heavy (non-hydrogen) atoms. The lowest BCUT2D eigenvalue weighted by Crippen LogP contribution is -2.26. The summed E-state index contributed by atoms with van der Waals surface area (Å²) in [5.74, 6) is -2.20. The molecule has 1 fully saturated rings. The Balaban J connectivity index is 1.33. The van der Waals surface area contributed by atoms with Crippen LogP contribution in [0, 0.1) is 18.6 Å². The van der Waals surface area contributed by atoms with Gasteiger partial charge in [0, 0.05) is 24.0 Å². The number of amides is 1. The van der Waals surface area contributed by atoms with Crippen LogP contribution in [0.3, 0.4) is 0 Å². The molecule has 0 heterocycles. The minimum atomic E-state index is -4.74. The number of anilines is 2. The van der Waals surface area contributed by atoms with Gasteiger partial charge in [-0.05, 0) is 104 Å². The largest absolute Gasteiger partial charge is 0.497 e. The minimum absolute atomic E-state index is 0.0105. The lowest BCUT2D eigenvalue weighted by molar-refractivity contribution is -0.138. The third-order valence-corrected chi connectivity index (χ3v) is 7.33. The maximum Gasteiger partial charge on any atom is 0.416 e. The van der Waals surface area contributed by atoms with Crippen molar-refractivity contribution in [3.8, 4) is 23.0 Å².